The van der Waals surface area contributed by atoms with Crippen LogP contribution in [0.15, 0.2) is 30.5 Å². The second kappa shape index (κ2) is 8.29. The van der Waals surface area contributed by atoms with E-state index in [0.29, 0.717) is 5.41 Å². The summed E-state index contributed by atoms with van der Waals surface area (Å²) >= 11 is 0. The number of benzene rings is 1. The van der Waals surface area contributed by atoms with Crippen molar-refractivity contribution in [1.29, 1.82) is 0 Å². The Morgan fingerprint density at radius 1 is 1.08 bits per heavy atom. The topological polar surface area (TPSA) is 12.0 Å². The standard InChI is InChI=1S/C25H35N/c1-19(18-25(2,3)4)26-16-9-8-14-24-22-13-7-5-6-11-20(22)17-21-12-10-15-23(21)24/h7,10,13,15,17,26H,1,5-6,8-9,11-12,14,16,18H2,2-4H3. The molecule has 0 saturated heterocycles. The summed E-state index contributed by atoms with van der Waals surface area (Å²) in [5.74, 6) is 0. The molecule has 0 bridgehead atoms. The number of hydrogen-bond acceptors (Lipinski definition) is 1. The lowest BCUT2D eigenvalue weighted by Crippen LogP contribution is -2.19. The Hall–Kier alpha value is -1.76. The number of fused-ring (bicyclic) bond motifs is 2. The highest BCUT2D eigenvalue weighted by atomic mass is 14.9. The third-order valence-corrected chi connectivity index (χ3v) is 5.39. The van der Waals surface area contributed by atoms with Crippen LogP contribution in [0.5, 0.6) is 0 Å². The van der Waals surface area contributed by atoms with Crippen molar-refractivity contribution in [2.45, 2.75) is 72.1 Å². The third kappa shape index (κ3) is 4.90. The number of allylic oxidation sites excluding steroid dienone is 3. The van der Waals surface area contributed by atoms with Crippen molar-refractivity contribution in [2.24, 2.45) is 5.41 Å². The molecular formula is C25H35N. The van der Waals surface area contributed by atoms with Crippen LogP contribution in [0.4, 0.5) is 0 Å². The van der Waals surface area contributed by atoms with Gasteiger partial charge in [-0.2, -0.15) is 0 Å². The molecule has 0 spiro atoms. The van der Waals surface area contributed by atoms with Crippen molar-refractivity contribution >= 4 is 12.2 Å². The highest BCUT2D eigenvalue weighted by molar-refractivity contribution is 5.72. The van der Waals surface area contributed by atoms with E-state index >= 15 is 0 Å². The van der Waals surface area contributed by atoms with Gasteiger partial charge in [0.05, 0.1) is 0 Å². The predicted octanol–water partition coefficient (Wildman–Crippen LogP) is 6.47. The van der Waals surface area contributed by atoms with Gasteiger partial charge in [0.15, 0.2) is 0 Å². The average molecular weight is 350 g/mol. The lowest BCUT2D eigenvalue weighted by atomic mass is 9.88. The summed E-state index contributed by atoms with van der Waals surface area (Å²) in [7, 11) is 0. The molecule has 0 saturated carbocycles. The minimum atomic E-state index is 0.310. The number of nitrogens with one attached hydrogen (secondary N) is 1. The van der Waals surface area contributed by atoms with E-state index in [0.717, 1.165) is 19.4 Å². The maximum Gasteiger partial charge on any atom is 0.0143 e. The predicted molar refractivity (Wildman–Crippen MR) is 115 cm³/mol. The van der Waals surface area contributed by atoms with E-state index in [1.54, 1.807) is 16.7 Å². The molecule has 0 aliphatic heterocycles. The highest BCUT2D eigenvalue weighted by Gasteiger charge is 2.18. The number of rotatable bonds is 7. The first-order chi connectivity index (χ1) is 12.4. The molecule has 1 heteroatoms. The third-order valence-electron chi connectivity index (χ3n) is 5.39. The van der Waals surface area contributed by atoms with E-state index in [1.165, 1.54) is 55.3 Å². The van der Waals surface area contributed by atoms with E-state index in [4.69, 9.17) is 0 Å². The summed E-state index contributed by atoms with van der Waals surface area (Å²) in [4.78, 5) is 0. The number of unbranched alkanes of at least 4 members (excludes halogenated alkanes) is 1. The van der Waals surface area contributed by atoms with Gasteiger partial charge in [-0.3, -0.25) is 0 Å². The first-order valence-electron chi connectivity index (χ1n) is 10.4. The largest absolute Gasteiger partial charge is 0.389 e. The Morgan fingerprint density at radius 2 is 1.85 bits per heavy atom. The first kappa shape index (κ1) is 19.0. The van der Waals surface area contributed by atoms with Crippen molar-refractivity contribution in [3.63, 3.8) is 0 Å². The van der Waals surface area contributed by atoms with Gasteiger partial charge in [0.2, 0.25) is 0 Å². The van der Waals surface area contributed by atoms with Crippen LogP contribution in [0.2, 0.25) is 0 Å². The van der Waals surface area contributed by atoms with Crippen molar-refractivity contribution < 1.29 is 0 Å². The zero-order valence-electron chi connectivity index (χ0n) is 17.0. The van der Waals surface area contributed by atoms with Gasteiger partial charge in [-0.25, -0.2) is 0 Å². The van der Waals surface area contributed by atoms with E-state index in [-0.39, 0.29) is 0 Å². The first-order valence-corrected chi connectivity index (χ1v) is 10.4. The molecule has 1 aromatic carbocycles. The Morgan fingerprint density at radius 3 is 2.65 bits per heavy atom. The Kier molecular flexibility index (Phi) is 6.06. The van der Waals surface area contributed by atoms with Gasteiger partial charge < -0.3 is 5.32 Å². The fourth-order valence-electron chi connectivity index (χ4n) is 4.27. The van der Waals surface area contributed by atoms with Gasteiger partial charge in [-0.05, 0) is 84.6 Å². The van der Waals surface area contributed by atoms with Crippen molar-refractivity contribution in [3.05, 3.63) is 58.3 Å². The molecule has 0 amide bonds. The molecule has 0 aromatic heterocycles. The van der Waals surface area contributed by atoms with Crippen molar-refractivity contribution in [1.82, 2.24) is 5.32 Å². The van der Waals surface area contributed by atoms with E-state index < -0.39 is 0 Å². The summed E-state index contributed by atoms with van der Waals surface area (Å²) in [5.41, 5.74) is 9.25. The van der Waals surface area contributed by atoms with Crippen molar-refractivity contribution in [2.75, 3.05) is 6.54 Å². The van der Waals surface area contributed by atoms with Crippen LogP contribution in [0, 0.1) is 5.41 Å². The number of aryl methyl sites for hydroxylation is 1. The molecule has 26 heavy (non-hydrogen) atoms. The monoisotopic (exact) mass is 349 g/mol. The molecule has 2 aliphatic rings. The normalized spacial score (nSPS) is 15.5. The van der Waals surface area contributed by atoms with Crippen LogP contribution in [0.1, 0.15) is 80.7 Å². The quantitative estimate of drug-likeness (QED) is 0.556. The second-order valence-corrected chi connectivity index (χ2v) is 9.13. The average Bonchev–Trinajstić information content (AvgIpc) is 2.89. The fraction of sp³-hybridized carbons (Fsp3) is 0.520. The zero-order chi connectivity index (χ0) is 18.6. The summed E-state index contributed by atoms with van der Waals surface area (Å²) in [6.45, 7) is 12.0. The summed E-state index contributed by atoms with van der Waals surface area (Å²) in [6.07, 6.45) is 19.0. The Labute approximate surface area is 160 Å². The van der Waals surface area contributed by atoms with E-state index in [9.17, 15) is 0 Å². The summed E-state index contributed by atoms with van der Waals surface area (Å²) in [6, 6.07) is 2.47. The molecule has 1 nitrogen and oxygen atoms in total. The number of hydrogen-bond donors (Lipinski definition) is 1. The fourth-order valence-corrected chi connectivity index (χ4v) is 4.27. The minimum absolute atomic E-state index is 0.310. The van der Waals surface area contributed by atoms with Crippen LogP contribution in [0.3, 0.4) is 0 Å². The second-order valence-electron chi connectivity index (χ2n) is 9.13. The molecule has 0 atom stereocenters. The molecule has 0 radical (unpaired) electrons. The summed E-state index contributed by atoms with van der Waals surface area (Å²) in [5, 5.41) is 3.53. The summed E-state index contributed by atoms with van der Waals surface area (Å²) < 4.78 is 0. The molecule has 0 heterocycles. The highest BCUT2D eigenvalue weighted by Crippen LogP contribution is 2.33. The van der Waals surface area contributed by atoms with Gasteiger partial charge in [0.25, 0.3) is 0 Å². The minimum Gasteiger partial charge on any atom is -0.389 e. The lowest BCUT2D eigenvalue weighted by molar-refractivity contribution is 0.398. The maximum absolute atomic E-state index is 4.18. The zero-order valence-corrected chi connectivity index (χ0v) is 17.0. The smallest absolute Gasteiger partial charge is 0.0143 e. The molecule has 1 aromatic rings. The van der Waals surface area contributed by atoms with Gasteiger partial charge in [0.1, 0.15) is 0 Å². The van der Waals surface area contributed by atoms with Crippen LogP contribution >= 0.6 is 0 Å². The van der Waals surface area contributed by atoms with Crippen LogP contribution in [-0.4, -0.2) is 6.54 Å². The molecular weight excluding hydrogens is 314 g/mol. The SMILES string of the molecule is C=C(CC(C)(C)C)NCCCCc1c2c(cc3c1C=CCCC3)CC=C2. The van der Waals surface area contributed by atoms with Crippen LogP contribution in [0.25, 0.3) is 12.2 Å². The molecule has 2 aliphatic carbocycles. The van der Waals surface area contributed by atoms with E-state index in [2.05, 4.69) is 63.0 Å². The van der Waals surface area contributed by atoms with Crippen LogP contribution < -0.4 is 5.32 Å². The van der Waals surface area contributed by atoms with Gasteiger partial charge in [-0.1, -0.05) is 57.7 Å². The molecule has 1 N–H and O–H groups in total. The van der Waals surface area contributed by atoms with Gasteiger partial charge >= 0.3 is 0 Å². The van der Waals surface area contributed by atoms with E-state index in [1.807, 2.05) is 0 Å². The Bertz CT molecular complexity index is 713. The lowest BCUT2D eigenvalue weighted by Gasteiger charge is -2.21. The van der Waals surface area contributed by atoms with Crippen molar-refractivity contribution in [3.8, 4) is 0 Å². The van der Waals surface area contributed by atoms with Gasteiger partial charge in [-0.15, -0.1) is 0 Å². The van der Waals surface area contributed by atoms with Crippen LogP contribution in [-0.2, 0) is 19.3 Å². The molecule has 3 rings (SSSR count). The van der Waals surface area contributed by atoms with Gasteiger partial charge in [0, 0.05) is 12.2 Å². The maximum atomic E-state index is 4.18. The molecule has 0 unspecified atom stereocenters. The Balaban J connectivity index is 1.59. The molecule has 140 valence electrons. The molecule has 0 fully saturated rings.